The fourth-order valence-electron chi connectivity index (χ4n) is 0.995. The van der Waals surface area contributed by atoms with Gasteiger partial charge in [0.1, 0.15) is 7.11 Å². The van der Waals surface area contributed by atoms with E-state index in [1.807, 2.05) is 0 Å². The van der Waals surface area contributed by atoms with Gasteiger partial charge in [-0.2, -0.15) is 0 Å². The van der Waals surface area contributed by atoms with Crippen LogP contribution in [0.2, 0.25) is 0 Å². The molecule has 0 saturated carbocycles. The third-order valence-electron chi connectivity index (χ3n) is 1.70. The Morgan fingerprint density at radius 1 is 1.27 bits per heavy atom. The Bertz CT molecular complexity index is 110. The molecule has 0 saturated heterocycles. The summed E-state index contributed by atoms with van der Waals surface area (Å²) in [5, 5.41) is 3.93. The average molecular weight is 157 g/mol. The normalized spacial score (nSPS) is 11.7. The van der Waals surface area contributed by atoms with Crippen LogP contribution < -0.4 is 0 Å². The van der Waals surface area contributed by atoms with E-state index in [4.69, 9.17) is 4.84 Å². The van der Waals surface area contributed by atoms with Crippen LogP contribution >= 0.6 is 0 Å². The SMILES string of the molecule is CCCCCC(CC)=NOC. The average Bonchev–Trinajstić information content (AvgIpc) is 2.03. The van der Waals surface area contributed by atoms with Crippen molar-refractivity contribution in [1.82, 2.24) is 0 Å². The first-order chi connectivity index (χ1) is 5.35. The van der Waals surface area contributed by atoms with Crippen molar-refractivity contribution < 1.29 is 4.84 Å². The second-order valence-electron chi connectivity index (χ2n) is 2.65. The molecule has 0 aliphatic carbocycles. The first-order valence-corrected chi connectivity index (χ1v) is 4.44. The zero-order chi connectivity index (χ0) is 8.53. The predicted octanol–water partition coefficient (Wildman–Crippen LogP) is 2.98. The fraction of sp³-hybridized carbons (Fsp3) is 0.889. The Labute approximate surface area is 69.6 Å². The maximum Gasteiger partial charge on any atom is 0.106 e. The third kappa shape index (κ3) is 5.89. The van der Waals surface area contributed by atoms with E-state index in [1.54, 1.807) is 7.11 Å². The summed E-state index contributed by atoms with van der Waals surface area (Å²) in [4.78, 5) is 4.71. The van der Waals surface area contributed by atoms with E-state index < -0.39 is 0 Å². The molecule has 0 aliphatic heterocycles. The van der Waals surface area contributed by atoms with E-state index in [2.05, 4.69) is 19.0 Å². The van der Waals surface area contributed by atoms with Gasteiger partial charge >= 0.3 is 0 Å². The van der Waals surface area contributed by atoms with Gasteiger partial charge < -0.3 is 4.84 Å². The number of oxime groups is 1. The highest BCUT2D eigenvalue weighted by Crippen LogP contribution is 2.03. The van der Waals surface area contributed by atoms with E-state index in [9.17, 15) is 0 Å². The molecule has 2 nitrogen and oxygen atoms in total. The molecule has 0 rings (SSSR count). The van der Waals surface area contributed by atoms with Crippen molar-refractivity contribution in [2.24, 2.45) is 5.16 Å². The Balaban J connectivity index is 3.44. The van der Waals surface area contributed by atoms with Gasteiger partial charge in [0, 0.05) is 0 Å². The molecule has 11 heavy (non-hydrogen) atoms. The lowest BCUT2D eigenvalue weighted by atomic mass is 10.1. The van der Waals surface area contributed by atoms with Crippen molar-refractivity contribution in [3.8, 4) is 0 Å². The first kappa shape index (κ1) is 10.5. The summed E-state index contributed by atoms with van der Waals surface area (Å²) >= 11 is 0. The molecule has 0 radical (unpaired) electrons. The molecule has 66 valence electrons. The Kier molecular flexibility index (Phi) is 7.21. The highest BCUT2D eigenvalue weighted by atomic mass is 16.6. The maximum absolute atomic E-state index is 4.71. The van der Waals surface area contributed by atoms with Crippen molar-refractivity contribution >= 4 is 5.71 Å². The van der Waals surface area contributed by atoms with Crippen molar-refractivity contribution in [1.29, 1.82) is 0 Å². The van der Waals surface area contributed by atoms with Gasteiger partial charge in [-0.15, -0.1) is 0 Å². The van der Waals surface area contributed by atoms with Gasteiger partial charge in [0.15, 0.2) is 0 Å². The van der Waals surface area contributed by atoms with Crippen LogP contribution in [0.1, 0.15) is 46.0 Å². The van der Waals surface area contributed by atoms with Crippen molar-refractivity contribution in [3.05, 3.63) is 0 Å². The molecule has 0 aromatic heterocycles. The quantitative estimate of drug-likeness (QED) is 0.330. The van der Waals surface area contributed by atoms with Gasteiger partial charge in [-0.1, -0.05) is 31.8 Å². The molecule has 0 heterocycles. The lowest BCUT2D eigenvalue weighted by molar-refractivity contribution is 0.211. The van der Waals surface area contributed by atoms with Crippen molar-refractivity contribution in [3.63, 3.8) is 0 Å². The van der Waals surface area contributed by atoms with E-state index in [-0.39, 0.29) is 0 Å². The summed E-state index contributed by atoms with van der Waals surface area (Å²) in [5.74, 6) is 0. The minimum Gasteiger partial charge on any atom is -0.399 e. The number of nitrogens with zero attached hydrogens (tertiary/aromatic N) is 1. The molecule has 0 unspecified atom stereocenters. The number of hydrogen-bond donors (Lipinski definition) is 0. The molecule has 0 atom stereocenters. The van der Waals surface area contributed by atoms with E-state index in [0.29, 0.717) is 0 Å². The van der Waals surface area contributed by atoms with Gasteiger partial charge in [-0.05, 0) is 19.3 Å². The predicted molar refractivity (Wildman–Crippen MR) is 48.9 cm³/mol. The smallest absolute Gasteiger partial charge is 0.106 e. The van der Waals surface area contributed by atoms with Gasteiger partial charge in [0.05, 0.1) is 5.71 Å². The second-order valence-corrected chi connectivity index (χ2v) is 2.65. The topological polar surface area (TPSA) is 21.6 Å². The monoisotopic (exact) mass is 157 g/mol. The fourth-order valence-corrected chi connectivity index (χ4v) is 0.995. The standard InChI is InChI=1S/C9H19NO/c1-4-6-7-8-9(5-2)10-11-3/h4-8H2,1-3H3. The van der Waals surface area contributed by atoms with Gasteiger partial charge in [-0.25, -0.2) is 0 Å². The zero-order valence-corrected chi connectivity index (χ0v) is 7.89. The van der Waals surface area contributed by atoms with Gasteiger partial charge in [0.25, 0.3) is 0 Å². The van der Waals surface area contributed by atoms with Crippen LogP contribution in [0.25, 0.3) is 0 Å². The highest BCUT2D eigenvalue weighted by Gasteiger charge is 1.95. The maximum atomic E-state index is 4.71. The summed E-state index contributed by atoms with van der Waals surface area (Å²) in [6, 6.07) is 0. The first-order valence-electron chi connectivity index (χ1n) is 4.44. The zero-order valence-electron chi connectivity index (χ0n) is 7.89. The Morgan fingerprint density at radius 3 is 2.45 bits per heavy atom. The Hall–Kier alpha value is -0.530. The molecule has 0 fully saturated rings. The molecule has 0 aromatic rings. The van der Waals surface area contributed by atoms with Crippen LogP contribution in [0.5, 0.6) is 0 Å². The van der Waals surface area contributed by atoms with E-state index in [0.717, 1.165) is 12.8 Å². The van der Waals surface area contributed by atoms with Crippen LogP contribution in [0, 0.1) is 0 Å². The summed E-state index contributed by atoms with van der Waals surface area (Å²) in [5.41, 5.74) is 1.18. The summed E-state index contributed by atoms with van der Waals surface area (Å²) in [6.07, 6.45) is 5.91. The minimum absolute atomic E-state index is 1.01. The highest BCUT2D eigenvalue weighted by molar-refractivity contribution is 5.83. The molecule has 2 heteroatoms. The largest absolute Gasteiger partial charge is 0.399 e. The Morgan fingerprint density at radius 2 is 2.00 bits per heavy atom. The molecule has 0 spiro atoms. The van der Waals surface area contributed by atoms with Gasteiger partial charge in [0.2, 0.25) is 0 Å². The molecule has 0 aromatic carbocycles. The van der Waals surface area contributed by atoms with Crippen molar-refractivity contribution in [2.75, 3.05) is 7.11 Å². The third-order valence-corrected chi connectivity index (χ3v) is 1.70. The van der Waals surface area contributed by atoms with E-state index in [1.165, 1.54) is 25.0 Å². The summed E-state index contributed by atoms with van der Waals surface area (Å²) in [7, 11) is 1.61. The molecular weight excluding hydrogens is 138 g/mol. The molecule has 0 bridgehead atoms. The van der Waals surface area contributed by atoms with Crippen LogP contribution in [-0.4, -0.2) is 12.8 Å². The minimum atomic E-state index is 1.01. The van der Waals surface area contributed by atoms with Crippen LogP contribution in [0.3, 0.4) is 0 Å². The molecular formula is C9H19NO. The number of unbranched alkanes of at least 4 members (excludes halogenated alkanes) is 2. The summed E-state index contributed by atoms with van der Waals surface area (Å²) in [6.45, 7) is 4.32. The van der Waals surface area contributed by atoms with Crippen LogP contribution in [0.15, 0.2) is 5.16 Å². The molecule has 0 amide bonds. The van der Waals surface area contributed by atoms with Crippen LogP contribution in [-0.2, 0) is 4.84 Å². The van der Waals surface area contributed by atoms with Crippen molar-refractivity contribution in [2.45, 2.75) is 46.0 Å². The number of rotatable bonds is 6. The molecule has 0 N–H and O–H groups in total. The van der Waals surface area contributed by atoms with E-state index >= 15 is 0 Å². The molecule has 0 aliphatic rings. The lowest BCUT2D eigenvalue weighted by Gasteiger charge is -2.00. The second kappa shape index (κ2) is 7.58. The number of hydrogen-bond acceptors (Lipinski definition) is 2. The summed E-state index contributed by atoms with van der Waals surface area (Å²) < 4.78 is 0. The van der Waals surface area contributed by atoms with Gasteiger partial charge in [-0.3, -0.25) is 0 Å². The lowest BCUT2D eigenvalue weighted by Crippen LogP contribution is -1.96. The van der Waals surface area contributed by atoms with Crippen LogP contribution in [0.4, 0.5) is 0 Å².